The molecule has 2 heteroatoms. The summed E-state index contributed by atoms with van der Waals surface area (Å²) in [5.41, 5.74) is 1.31. The first-order valence-electron chi connectivity index (χ1n) is 3.23. The summed E-state index contributed by atoms with van der Waals surface area (Å²) < 4.78 is 0. The van der Waals surface area contributed by atoms with Gasteiger partial charge in [0.25, 0.3) is 0 Å². The van der Waals surface area contributed by atoms with Crippen molar-refractivity contribution in [3.63, 3.8) is 0 Å². The van der Waals surface area contributed by atoms with E-state index in [2.05, 4.69) is 23.0 Å². The lowest BCUT2D eigenvalue weighted by Crippen LogP contribution is -2.15. The third kappa shape index (κ3) is 1.56. The predicted molar refractivity (Wildman–Crippen MR) is 39.5 cm³/mol. The summed E-state index contributed by atoms with van der Waals surface area (Å²) in [4.78, 5) is 6.23. The number of rotatable bonds is 1. The van der Waals surface area contributed by atoms with Gasteiger partial charge in [0.2, 0.25) is 0 Å². The van der Waals surface area contributed by atoms with Gasteiger partial charge in [-0.05, 0) is 12.0 Å². The van der Waals surface area contributed by atoms with E-state index in [9.17, 15) is 0 Å². The first-order chi connectivity index (χ1) is 4.33. The average molecular weight is 124 g/mol. The standard InChI is InChI=1S/C7H12N2/c1-3-7-4-8-6-9(2)5-7/h4-5H,3,6H2,1-2H3. The van der Waals surface area contributed by atoms with Crippen LogP contribution < -0.4 is 0 Å². The molecule has 1 heterocycles. The number of hydrogen-bond donors (Lipinski definition) is 0. The summed E-state index contributed by atoms with van der Waals surface area (Å²) in [6.07, 6.45) is 5.15. The van der Waals surface area contributed by atoms with Crippen LogP contribution in [0.2, 0.25) is 0 Å². The molecule has 0 atom stereocenters. The fraction of sp³-hybridized carbons (Fsp3) is 0.571. The van der Waals surface area contributed by atoms with Crippen LogP contribution in [-0.2, 0) is 0 Å². The highest BCUT2D eigenvalue weighted by atomic mass is 15.2. The topological polar surface area (TPSA) is 15.6 Å². The molecule has 0 aromatic heterocycles. The van der Waals surface area contributed by atoms with E-state index >= 15 is 0 Å². The molecule has 0 saturated heterocycles. The lowest BCUT2D eigenvalue weighted by Gasteiger charge is -2.15. The minimum absolute atomic E-state index is 0.809. The zero-order valence-electron chi connectivity index (χ0n) is 5.96. The third-order valence-electron chi connectivity index (χ3n) is 1.36. The Kier molecular flexibility index (Phi) is 1.88. The van der Waals surface area contributed by atoms with Gasteiger partial charge in [-0.15, -0.1) is 0 Å². The molecule has 0 saturated carbocycles. The van der Waals surface area contributed by atoms with E-state index in [0.717, 1.165) is 13.1 Å². The molecule has 1 rings (SSSR count). The molecule has 0 aromatic carbocycles. The quantitative estimate of drug-likeness (QED) is 0.513. The van der Waals surface area contributed by atoms with E-state index in [-0.39, 0.29) is 0 Å². The van der Waals surface area contributed by atoms with Crippen LogP contribution in [0.1, 0.15) is 13.3 Å². The number of hydrogen-bond acceptors (Lipinski definition) is 2. The Morgan fingerprint density at radius 2 is 2.56 bits per heavy atom. The highest BCUT2D eigenvalue weighted by molar-refractivity contribution is 5.78. The molecule has 1 aliphatic rings. The first-order valence-corrected chi connectivity index (χ1v) is 3.23. The minimum atomic E-state index is 0.809. The van der Waals surface area contributed by atoms with Crippen LogP contribution >= 0.6 is 0 Å². The van der Waals surface area contributed by atoms with Gasteiger partial charge in [0.15, 0.2) is 0 Å². The van der Waals surface area contributed by atoms with Gasteiger partial charge in [-0.25, -0.2) is 0 Å². The molecule has 0 aliphatic carbocycles. The van der Waals surface area contributed by atoms with Gasteiger partial charge >= 0.3 is 0 Å². The monoisotopic (exact) mass is 124 g/mol. The molecule has 2 nitrogen and oxygen atoms in total. The molecular formula is C7H12N2. The smallest absolute Gasteiger partial charge is 0.109 e. The first kappa shape index (κ1) is 6.33. The molecule has 50 valence electrons. The molecule has 0 unspecified atom stereocenters. The van der Waals surface area contributed by atoms with Gasteiger partial charge in [-0.3, -0.25) is 4.99 Å². The zero-order chi connectivity index (χ0) is 6.69. The summed E-state index contributed by atoms with van der Waals surface area (Å²) in [7, 11) is 2.03. The Morgan fingerprint density at radius 3 is 3.00 bits per heavy atom. The number of allylic oxidation sites excluding steroid dienone is 1. The van der Waals surface area contributed by atoms with Crippen LogP contribution in [0.5, 0.6) is 0 Å². The molecular weight excluding hydrogens is 112 g/mol. The van der Waals surface area contributed by atoms with Gasteiger partial charge in [0, 0.05) is 19.5 Å². The fourth-order valence-electron chi connectivity index (χ4n) is 0.827. The van der Waals surface area contributed by atoms with Crippen LogP contribution in [0, 0.1) is 0 Å². The molecule has 9 heavy (non-hydrogen) atoms. The molecule has 0 N–H and O–H groups in total. The zero-order valence-corrected chi connectivity index (χ0v) is 5.96. The molecule has 0 bridgehead atoms. The molecule has 0 radical (unpaired) electrons. The molecule has 0 fully saturated rings. The Morgan fingerprint density at radius 1 is 1.78 bits per heavy atom. The van der Waals surface area contributed by atoms with Crippen molar-refractivity contribution in [1.29, 1.82) is 0 Å². The van der Waals surface area contributed by atoms with Crippen LogP contribution in [0.15, 0.2) is 16.8 Å². The minimum Gasteiger partial charge on any atom is -0.361 e. The predicted octanol–water partition coefficient (Wildman–Crippen LogP) is 1.25. The summed E-state index contributed by atoms with van der Waals surface area (Å²) in [6.45, 7) is 2.94. The maximum Gasteiger partial charge on any atom is 0.109 e. The Labute approximate surface area is 55.9 Å². The normalized spacial score (nSPS) is 18.0. The van der Waals surface area contributed by atoms with Crippen molar-refractivity contribution >= 4 is 6.21 Å². The second-order valence-corrected chi connectivity index (χ2v) is 2.27. The summed E-state index contributed by atoms with van der Waals surface area (Å²) in [5.74, 6) is 0. The highest BCUT2D eigenvalue weighted by Crippen LogP contribution is 2.03. The van der Waals surface area contributed by atoms with Gasteiger partial charge in [-0.1, -0.05) is 6.92 Å². The van der Waals surface area contributed by atoms with Crippen molar-refractivity contribution in [1.82, 2.24) is 4.90 Å². The van der Waals surface area contributed by atoms with E-state index < -0.39 is 0 Å². The second-order valence-electron chi connectivity index (χ2n) is 2.27. The Balaban J connectivity index is 2.59. The van der Waals surface area contributed by atoms with Crippen LogP contribution in [0.4, 0.5) is 0 Å². The maximum absolute atomic E-state index is 4.14. The average Bonchev–Trinajstić information content (AvgIpc) is 1.88. The summed E-state index contributed by atoms with van der Waals surface area (Å²) in [5, 5.41) is 0. The van der Waals surface area contributed by atoms with Crippen molar-refractivity contribution in [2.24, 2.45) is 4.99 Å². The Bertz CT molecular complexity index is 147. The van der Waals surface area contributed by atoms with Crippen molar-refractivity contribution < 1.29 is 0 Å². The van der Waals surface area contributed by atoms with Crippen molar-refractivity contribution in [2.75, 3.05) is 13.7 Å². The van der Waals surface area contributed by atoms with Crippen molar-refractivity contribution in [2.45, 2.75) is 13.3 Å². The van der Waals surface area contributed by atoms with E-state index in [1.54, 1.807) is 0 Å². The van der Waals surface area contributed by atoms with Gasteiger partial charge in [-0.2, -0.15) is 0 Å². The van der Waals surface area contributed by atoms with Crippen molar-refractivity contribution in [3.8, 4) is 0 Å². The Hall–Kier alpha value is -0.790. The molecule has 0 aromatic rings. The largest absolute Gasteiger partial charge is 0.361 e. The number of nitrogens with zero attached hydrogens (tertiary/aromatic N) is 2. The van der Waals surface area contributed by atoms with Gasteiger partial charge in [0.05, 0.1) is 0 Å². The van der Waals surface area contributed by atoms with Gasteiger partial charge < -0.3 is 4.90 Å². The van der Waals surface area contributed by atoms with Crippen LogP contribution in [-0.4, -0.2) is 24.8 Å². The third-order valence-corrected chi connectivity index (χ3v) is 1.36. The van der Waals surface area contributed by atoms with E-state index in [0.29, 0.717) is 0 Å². The second kappa shape index (κ2) is 2.67. The highest BCUT2D eigenvalue weighted by Gasteiger charge is 1.97. The maximum atomic E-state index is 4.14. The van der Waals surface area contributed by atoms with Crippen LogP contribution in [0.25, 0.3) is 0 Å². The van der Waals surface area contributed by atoms with Crippen LogP contribution in [0.3, 0.4) is 0 Å². The van der Waals surface area contributed by atoms with E-state index in [1.165, 1.54) is 5.57 Å². The van der Waals surface area contributed by atoms with E-state index in [1.807, 2.05) is 13.3 Å². The van der Waals surface area contributed by atoms with E-state index in [4.69, 9.17) is 0 Å². The molecule has 0 spiro atoms. The summed E-state index contributed by atoms with van der Waals surface area (Å²) >= 11 is 0. The molecule has 0 amide bonds. The summed E-state index contributed by atoms with van der Waals surface area (Å²) in [6, 6.07) is 0. The molecule has 1 aliphatic heterocycles. The lowest BCUT2D eigenvalue weighted by molar-refractivity contribution is 0.465. The number of aliphatic imine (C=N–C) groups is 1. The van der Waals surface area contributed by atoms with Gasteiger partial charge in [0.1, 0.15) is 6.67 Å². The van der Waals surface area contributed by atoms with Crippen molar-refractivity contribution in [3.05, 3.63) is 11.8 Å². The lowest BCUT2D eigenvalue weighted by atomic mass is 10.2. The fourth-order valence-corrected chi connectivity index (χ4v) is 0.827. The SMILES string of the molecule is CCC1=CN(C)CN=C1.